The number of aliphatic hydroxyl groups excluding tert-OH is 1. The largest absolute Gasteiger partial charge is 0.387 e. The minimum absolute atomic E-state index is 0.469. The minimum Gasteiger partial charge on any atom is -0.387 e. The van der Waals surface area contributed by atoms with Gasteiger partial charge in [-0.3, -0.25) is 0 Å². The van der Waals surface area contributed by atoms with E-state index in [9.17, 15) is 5.11 Å². The number of halogens is 2. The van der Waals surface area contributed by atoms with Gasteiger partial charge < -0.3 is 5.11 Å². The van der Waals surface area contributed by atoms with Crippen LogP contribution >= 0.6 is 38.9 Å². The number of thiophene rings is 1. The van der Waals surface area contributed by atoms with Gasteiger partial charge in [0.05, 0.1) is 6.10 Å². The molecule has 1 heterocycles. The highest BCUT2D eigenvalue weighted by molar-refractivity contribution is 9.10. The lowest BCUT2D eigenvalue weighted by atomic mass is 10.1. The van der Waals surface area contributed by atoms with Gasteiger partial charge in [0.25, 0.3) is 0 Å². The highest BCUT2D eigenvalue weighted by atomic mass is 79.9. The summed E-state index contributed by atoms with van der Waals surface area (Å²) in [6.45, 7) is 2.03. The highest BCUT2D eigenvalue weighted by Crippen LogP contribution is 2.32. The molecule has 0 aliphatic heterocycles. The first kappa shape index (κ1) is 13.1. The number of hydrogen-bond donors (Lipinski definition) is 1. The van der Waals surface area contributed by atoms with Gasteiger partial charge in [0.1, 0.15) is 0 Å². The second-order valence-electron chi connectivity index (χ2n) is 3.90. The van der Waals surface area contributed by atoms with Gasteiger partial charge in [-0.1, -0.05) is 23.7 Å². The van der Waals surface area contributed by atoms with E-state index in [-0.39, 0.29) is 0 Å². The Bertz CT molecular complexity index is 504. The fourth-order valence-electron chi connectivity index (χ4n) is 1.63. The maximum Gasteiger partial charge on any atom is 0.0922 e. The molecule has 1 unspecified atom stereocenters. The van der Waals surface area contributed by atoms with Crippen molar-refractivity contribution in [2.24, 2.45) is 0 Å². The summed E-state index contributed by atoms with van der Waals surface area (Å²) < 4.78 is 1.06. The Labute approximate surface area is 118 Å². The summed E-state index contributed by atoms with van der Waals surface area (Å²) in [5.41, 5.74) is 1.05. The molecule has 0 aliphatic carbocycles. The van der Waals surface area contributed by atoms with E-state index in [0.29, 0.717) is 11.4 Å². The molecule has 0 amide bonds. The molecule has 2 rings (SSSR count). The zero-order valence-electron chi connectivity index (χ0n) is 9.28. The lowest BCUT2D eigenvalue weighted by Crippen LogP contribution is -1.99. The first-order chi connectivity index (χ1) is 8.06. The van der Waals surface area contributed by atoms with Crippen molar-refractivity contribution in [1.29, 1.82) is 0 Å². The number of aliphatic hydroxyl groups is 1. The molecule has 1 N–H and O–H groups in total. The van der Waals surface area contributed by atoms with Crippen LogP contribution in [0.2, 0.25) is 5.02 Å². The monoisotopic (exact) mass is 330 g/mol. The molecule has 0 saturated heterocycles. The third kappa shape index (κ3) is 3.32. The summed E-state index contributed by atoms with van der Waals surface area (Å²) in [4.78, 5) is 2.17. The normalized spacial score (nSPS) is 12.7. The van der Waals surface area contributed by atoms with Crippen LogP contribution in [-0.4, -0.2) is 5.11 Å². The predicted molar refractivity (Wildman–Crippen MR) is 76.9 cm³/mol. The van der Waals surface area contributed by atoms with Gasteiger partial charge in [-0.25, -0.2) is 0 Å². The first-order valence-corrected chi connectivity index (χ1v) is 7.23. The van der Waals surface area contributed by atoms with Crippen LogP contribution in [0.5, 0.6) is 0 Å². The van der Waals surface area contributed by atoms with Crippen LogP contribution in [0.15, 0.2) is 34.8 Å². The second kappa shape index (κ2) is 5.53. The molecule has 17 heavy (non-hydrogen) atoms. The molecule has 4 heteroatoms. The first-order valence-electron chi connectivity index (χ1n) is 5.24. The second-order valence-corrected chi connectivity index (χ2v) is 6.48. The van der Waals surface area contributed by atoms with Gasteiger partial charge in [-0.15, -0.1) is 11.3 Å². The van der Waals surface area contributed by atoms with Gasteiger partial charge in [-0.2, -0.15) is 0 Å². The number of aryl methyl sites for hydroxylation is 1. The molecule has 2 aromatic rings. The highest BCUT2D eigenvalue weighted by Gasteiger charge is 2.13. The van der Waals surface area contributed by atoms with Gasteiger partial charge >= 0.3 is 0 Å². The van der Waals surface area contributed by atoms with Crippen molar-refractivity contribution in [3.8, 4) is 0 Å². The van der Waals surface area contributed by atoms with E-state index in [0.717, 1.165) is 14.9 Å². The fourth-order valence-corrected chi connectivity index (χ4v) is 3.39. The predicted octanol–water partition coefficient (Wildman–Crippen LogP) is 4.75. The topological polar surface area (TPSA) is 20.2 Å². The summed E-state index contributed by atoms with van der Waals surface area (Å²) in [6, 6.07) is 9.59. The van der Waals surface area contributed by atoms with E-state index in [4.69, 9.17) is 11.6 Å². The summed E-state index contributed by atoms with van der Waals surface area (Å²) >= 11 is 11.0. The number of hydrogen-bond acceptors (Lipinski definition) is 2. The van der Waals surface area contributed by atoms with Gasteiger partial charge in [-0.05, 0) is 46.6 Å². The molecule has 1 atom stereocenters. The molecule has 90 valence electrons. The number of benzene rings is 1. The van der Waals surface area contributed by atoms with Crippen LogP contribution in [0.1, 0.15) is 21.4 Å². The molecule has 0 saturated carbocycles. The van der Waals surface area contributed by atoms with E-state index >= 15 is 0 Å². The lowest BCUT2D eigenvalue weighted by molar-refractivity contribution is 0.182. The van der Waals surface area contributed by atoms with Crippen LogP contribution in [0.25, 0.3) is 0 Å². The molecule has 0 aliphatic rings. The minimum atomic E-state index is -0.469. The molecule has 0 bridgehead atoms. The van der Waals surface area contributed by atoms with Gasteiger partial charge in [0.15, 0.2) is 0 Å². The lowest BCUT2D eigenvalue weighted by Gasteiger charge is -2.08. The van der Waals surface area contributed by atoms with Crippen LogP contribution in [0.4, 0.5) is 0 Å². The third-order valence-corrected chi connectivity index (χ3v) is 5.00. The van der Waals surface area contributed by atoms with Crippen molar-refractivity contribution in [3.05, 3.63) is 55.1 Å². The molecular formula is C13H12BrClOS. The van der Waals surface area contributed by atoms with Crippen molar-refractivity contribution < 1.29 is 5.11 Å². The third-order valence-electron chi connectivity index (χ3n) is 2.52. The summed E-state index contributed by atoms with van der Waals surface area (Å²) in [5.74, 6) is 0. The Hall–Kier alpha value is -0.350. The van der Waals surface area contributed by atoms with E-state index < -0.39 is 6.10 Å². The standard InChI is InChI=1S/C13H12BrClOS/c1-8-11(14)7-13(17-8)12(16)6-9-3-2-4-10(15)5-9/h2-5,7,12,16H,6H2,1H3. The Kier molecular flexibility index (Phi) is 4.26. The average Bonchev–Trinajstić information content (AvgIpc) is 2.59. The van der Waals surface area contributed by atoms with Gasteiger partial charge in [0, 0.05) is 25.7 Å². The van der Waals surface area contributed by atoms with E-state index in [1.165, 1.54) is 4.88 Å². The van der Waals surface area contributed by atoms with E-state index in [1.807, 2.05) is 37.3 Å². The van der Waals surface area contributed by atoms with Crippen LogP contribution in [-0.2, 0) is 6.42 Å². The van der Waals surface area contributed by atoms with Crippen molar-refractivity contribution in [3.63, 3.8) is 0 Å². The zero-order chi connectivity index (χ0) is 12.4. The van der Waals surface area contributed by atoms with Gasteiger partial charge in [0.2, 0.25) is 0 Å². The summed E-state index contributed by atoms with van der Waals surface area (Å²) in [5, 5.41) is 10.9. The molecule has 0 fully saturated rings. The van der Waals surface area contributed by atoms with Crippen LogP contribution in [0, 0.1) is 6.92 Å². The quantitative estimate of drug-likeness (QED) is 0.860. The molecule has 1 aromatic carbocycles. The zero-order valence-corrected chi connectivity index (χ0v) is 12.4. The molecular weight excluding hydrogens is 320 g/mol. The molecule has 0 radical (unpaired) electrons. The van der Waals surface area contributed by atoms with Crippen molar-refractivity contribution >= 4 is 38.9 Å². The summed E-state index contributed by atoms with van der Waals surface area (Å²) in [6.07, 6.45) is 0.121. The maximum atomic E-state index is 10.1. The molecule has 1 aromatic heterocycles. The maximum absolute atomic E-state index is 10.1. The van der Waals surface area contributed by atoms with Crippen LogP contribution < -0.4 is 0 Å². The van der Waals surface area contributed by atoms with Crippen molar-refractivity contribution in [2.75, 3.05) is 0 Å². The van der Waals surface area contributed by atoms with Crippen molar-refractivity contribution in [2.45, 2.75) is 19.4 Å². The van der Waals surface area contributed by atoms with Crippen LogP contribution in [0.3, 0.4) is 0 Å². The Morgan fingerprint density at radius 3 is 2.76 bits per heavy atom. The molecule has 0 spiro atoms. The summed E-state index contributed by atoms with van der Waals surface area (Å²) in [7, 11) is 0. The Morgan fingerprint density at radius 1 is 1.41 bits per heavy atom. The Morgan fingerprint density at radius 2 is 2.18 bits per heavy atom. The average molecular weight is 332 g/mol. The Balaban J connectivity index is 2.14. The van der Waals surface area contributed by atoms with E-state index in [2.05, 4.69) is 15.9 Å². The fraction of sp³-hybridized carbons (Fsp3) is 0.231. The molecule has 1 nitrogen and oxygen atoms in total. The smallest absolute Gasteiger partial charge is 0.0922 e. The van der Waals surface area contributed by atoms with E-state index in [1.54, 1.807) is 11.3 Å². The van der Waals surface area contributed by atoms with Crippen molar-refractivity contribution in [1.82, 2.24) is 0 Å². The number of rotatable bonds is 3. The SMILES string of the molecule is Cc1sc(C(O)Cc2cccc(Cl)c2)cc1Br.